The van der Waals surface area contributed by atoms with E-state index in [2.05, 4.69) is 72.4 Å². The lowest BCUT2D eigenvalue weighted by Gasteiger charge is -2.46. The Morgan fingerprint density at radius 2 is 1.77 bits per heavy atom. The first-order chi connectivity index (χ1) is 18.8. The highest BCUT2D eigenvalue weighted by Gasteiger charge is 2.38. The lowest BCUT2D eigenvalue weighted by Crippen LogP contribution is -2.60. The van der Waals surface area contributed by atoms with Gasteiger partial charge in [0, 0.05) is 41.5 Å². The largest absolute Gasteiger partial charge is 0.486 e. The highest BCUT2D eigenvalue weighted by atomic mass is 19.3. The summed E-state index contributed by atoms with van der Waals surface area (Å²) in [5.74, 6) is -0.170. The molecule has 2 aliphatic rings. The quantitative estimate of drug-likeness (QED) is 0.326. The van der Waals surface area contributed by atoms with Crippen LogP contribution >= 0.6 is 0 Å². The Labute approximate surface area is 235 Å². The molecule has 0 aliphatic carbocycles. The normalized spacial score (nSPS) is 21.7. The molecule has 2 fully saturated rings. The van der Waals surface area contributed by atoms with Crippen LogP contribution in [0, 0.1) is 5.82 Å². The second-order valence-corrected chi connectivity index (χ2v) is 12.5. The Hall–Kier alpha value is -2.79. The zero-order valence-corrected chi connectivity index (χ0v) is 24.4. The molecule has 0 spiro atoms. The first-order valence-electron chi connectivity index (χ1n) is 14.1. The van der Waals surface area contributed by atoms with Crippen molar-refractivity contribution in [2.45, 2.75) is 110 Å². The number of likely N-dealkylation sites (tertiary alicyclic amines) is 1. The fraction of sp³-hybridized carbons (Fsp3) is 0.655. The van der Waals surface area contributed by atoms with Crippen molar-refractivity contribution in [3.63, 3.8) is 0 Å². The molecule has 2 aromatic rings. The van der Waals surface area contributed by atoms with Crippen LogP contribution in [-0.2, 0) is 0 Å². The van der Waals surface area contributed by atoms with E-state index in [0.717, 1.165) is 51.4 Å². The highest BCUT2D eigenvalue weighted by molar-refractivity contribution is 5.60. The number of alkyl halides is 2. The van der Waals surface area contributed by atoms with Crippen LogP contribution in [0.4, 0.5) is 30.6 Å². The maximum absolute atomic E-state index is 14.7. The summed E-state index contributed by atoms with van der Waals surface area (Å²) < 4.78 is 52.2. The van der Waals surface area contributed by atoms with Gasteiger partial charge in [-0.1, -0.05) is 0 Å². The molecule has 4 rings (SSSR count). The van der Waals surface area contributed by atoms with Gasteiger partial charge in [-0.3, -0.25) is 0 Å². The van der Waals surface area contributed by atoms with Crippen molar-refractivity contribution in [2.24, 2.45) is 0 Å². The van der Waals surface area contributed by atoms with Gasteiger partial charge in [-0.2, -0.15) is 13.8 Å². The predicted octanol–water partition coefficient (Wildman–Crippen LogP) is 6.32. The Bertz CT molecular complexity index is 1130. The molecule has 1 atom stereocenters. The monoisotopic (exact) mass is 564 g/mol. The van der Waals surface area contributed by atoms with E-state index in [1.54, 1.807) is 12.1 Å². The molecule has 8 nitrogen and oxygen atoms in total. The molecule has 0 amide bonds. The summed E-state index contributed by atoms with van der Waals surface area (Å²) in [5.41, 5.74) is 0.162. The summed E-state index contributed by atoms with van der Waals surface area (Å²) in [4.78, 5) is 10.8. The van der Waals surface area contributed by atoms with Crippen molar-refractivity contribution in [3.05, 3.63) is 30.2 Å². The van der Waals surface area contributed by atoms with Crippen molar-refractivity contribution in [1.29, 1.82) is 0 Å². The number of piperidine rings is 1. The van der Waals surface area contributed by atoms with E-state index in [4.69, 9.17) is 9.47 Å². The zero-order valence-electron chi connectivity index (χ0n) is 24.4. The Balaban J connectivity index is 1.48. The van der Waals surface area contributed by atoms with Gasteiger partial charge in [-0.05, 0) is 92.3 Å². The SMILES string of the molecule is CC(C)N1CCCC(Oc2ccc(Nc3ncc(F)c(NC4CC(C)(C)NC(C)(C)C4)n3)cc2OC(F)F)CC1. The molecule has 11 heteroatoms. The molecule has 3 N–H and O–H groups in total. The van der Waals surface area contributed by atoms with Crippen LogP contribution in [-0.4, -0.2) is 63.8 Å². The summed E-state index contributed by atoms with van der Waals surface area (Å²) in [6, 6.07) is 5.17. The second kappa shape index (κ2) is 12.4. The van der Waals surface area contributed by atoms with Crippen molar-refractivity contribution >= 4 is 17.5 Å². The molecule has 40 heavy (non-hydrogen) atoms. The summed E-state index contributed by atoms with van der Waals surface area (Å²) in [7, 11) is 0. The number of nitrogens with zero attached hydrogens (tertiary/aromatic N) is 3. The van der Waals surface area contributed by atoms with Crippen molar-refractivity contribution in [2.75, 3.05) is 23.7 Å². The molecular weight excluding hydrogens is 521 g/mol. The molecule has 222 valence electrons. The van der Waals surface area contributed by atoms with Gasteiger partial charge in [-0.15, -0.1) is 0 Å². The maximum atomic E-state index is 14.7. The minimum Gasteiger partial charge on any atom is -0.486 e. The number of ether oxygens (including phenoxy) is 2. The molecular formula is C29H43F3N6O2. The van der Waals surface area contributed by atoms with Crippen LogP contribution in [0.25, 0.3) is 0 Å². The third-order valence-electron chi connectivity index (χ3n) is 7.42. The lowest BCUT2D eigenvalue weighted by atomic mass is 9.79. The minimum atomic E-state index is -3.01. The number of hydrogen-bond donors (Lipinski definition) is 3. The van der Waals surface area contributed by atoms with Gasteiger partial charge in [0.1, 0.15) is 6.10 Å². The van der Waals surface area contributed by atoms with E-state index >= 15 is 0 Å². The van der Waals surface area contributed by atoms with E-state index in [1.807, 2.05) is 0 Å². The molecule has 1 unspecified atom stereocenters. The molecule has 3 heterocycles. The van der Waals surface area contributed by atoms with Gasteiger partial charge in [0.25, 0.3) is 0 Å². The van der Waals surface area contributed by atoms with Gasteiger partial charge < -0.3 is 30.3 Å². The number of halogens is 3. The summed E-state index contributed by atoms with van der Waals surface area (Å²) >= 11 is 0. The zero-order chi connectivity index (χ0) is 29.1. The van der Waals surface area contributed by atoms with Gasteiger partial charge in [0.05, 0.1) is 6.20 Å². The van der Waals surface area contributed by atoms with Crippen molar-refractivity contribution < 1.29 is 22.6 Å². The fourth-order valence-corrected chi connectivity index (χ4v) is 6.05. The van der Waals surface area contributed by atoms with Gasteiger partial charge >= 0.3 is 6.61 Å². The first kappa shape index (κ1) is 30.2. The molecule has 0 saturated carbocycles. The van der Waals surface area contributed by atoms with Crippen LogP contribution < -0.4 is 25.4 Å². The summed E-state index contributed by atoms with van der Waals surface area (Å²) in [6.07, 6.45) is 5.18. The molecule has 2 aliphatic heterocycles. The number of hydrogen-bond acceptors (Lipinski definition) is 8. The number of rotatable bonds is 9. The topological polar surface area (TPSA) is 83.6 Å². The van der Waals surface area contributed by atoms with Crippen LogP contribution in [0.1, 0.15) is 73.6 Å². The molecule has 2 saturated heterocycles. The average Bonchev–Trinajstić information content (AvgIpc) is 3.06. The van der Waals surface area contributed by atoms with Gasteiger partial charge in [-0.25, -0.2) is 9.37 Å². The van der Waals surface area contributed by atoms with E-state index in [-0.39, 0.29) is 46.5 Å². The summed E-state index contributed by atoms with van der Waals surface area (Å²) in [5, 5.41) is 9.83. The maximum Gasteiger partial charge on any atom is 0.387 e. The van der Waals surface area contributed by atoms with Gasteiger partial charge in [0.2, 0.25) is 5.95 Å². The highest BCUT2D eigenvalue weighted by Crippen LogP contribution is 2.35. The third kappa shape index (κ3) is 8.36. The molecule has 0 bridgehead atoms. The van der Waals surface area contributed by atoms with E-state index in [9.17, 15) is 13.2 Å². The molecule has 0 radical (unpaired) electrons. The molecule has 1 aromatic carbocycles. The number of benzene rings is 1. The smallest absolute Gasteiger partial charge is 0.387 e. The average molecular weight is 565 g/mol. The Morgan fingerprint density at radius 3 is 2.45 bits per heavy atom. The molecule has 1 aromatic heterocycles. The summed E-state index contributed by atoms with van der Waals surface area (Å²) in [6.45, 7) is 11.7. The Morgan fingerprint density at radius 1 is 1.05 bits per heavy atom. The van der Waals surface area contributed by atoms with E-state index in [1.165, 1.54) is 6.07 Å². The van der Waals surface area contributed by atoms with Crippen molar-refractivity contribution in [1.82, 2.24) is 20.2 Å². The number of nitrogens with one attached hydrogen (secondary N) is 3. The minimum absolute atomic E-state index is 0.00239. The fourth-order valence-electron chi connectivity index (χ4n) is 6.05. The first-order valence-corrected chi connectivity index (χ1v) is 14.1. The van der Waals surface area contributed by atoms with E-state index < -0.39 is 12.4 Å². The van der Waals surface area contributed by atoms with Crippen LogP contribution in [0.5, 0.6) is 11.5 Å². The van der Waals surface area contributed by atoms with Gasteiger partial charge in [0.15, 0.2) is 23.1 Å². The van der Waals surface area contributed by atoms with Crippen LogP contribution in [0.15, 0.2) is 24.4 Å². The van der Waals surface area contributed by atoms with Crippen LogP contribution in [0.2, 0.25) is 0 Å². The lowest BCUT2D eigenvalue weighted by molar-refractivity contribution is -0.0521. The predicted molar refractivity (Wildman–Crippen MR) is 151 cm³/mol. The second-order valence-electron chi connectivity index (χ2n) is 12.5. The van der Waals surface area contributed by atoms with Crippen LogP contribution in [0.3, 0.4) is 0 Å². The number of aromatic nitrogens is 2. The van der Waals surface area contributed by atoms with E-state index in [0.29, 0.717) is 11.7 Å². The standard InChI is InChI=1S/C29H43F3N6O2/c1-18(2)38-12-7-8-21(11-13-38)39-23-10-9-19(14-24(23)40-26(31)32)35-27-33-17-22(30)25(36-27)34-20-15-28(3,4)37-29(5,6)16-20/h9-10,14,17-18,20-21,26,37H,7-8,11-13,15-16H2,1-6H3,(H2,33,34,35,36). The number of anilines is 3. The third-order valence-corrected chi connectivity index (χ3v) is 7.42. The Kier molecular flexibility index (Phi) is 9.34. The van der Waals surface area contributed by atoms with Crippen molar-refractivity contribution in [3.8, 4) is 11.5 Å².